The lowest BCUT2D eigenvalue weighted by molar-refractivity contribution is 0.306. The Balaban J connectivity index is 1.63. The van der Waals surface area contributed by atoms with Gasteiger partial charge in [-0.2, -0.15) is 5.26 Å². The van der Waals surface area contributed by atoms with Crippen LogP contribution in [0.15, 0.2) is 42.7 Å². The summed E-state index contributed by atoms with van der Waals surface area (Å²) in [5, 5.41) is 13.6. The maximum absolute atomic E-state index is 9.21. The summed E-state index contributed by atoms with van der Waals surface area (Å²) in [5.74, 6) is 1.64. The fourth-order valence-electron chi connectivity index (χ4n) is 3.27. The standard InChI is InChI=1S/C20H19N5O/c21-11-19-24-18-8-7-16(26-13-14-4-3-9-22-12-14)10-17(18)20(25-19)23-15-5-1-2-6-15/h3-4,7-10,12,15H,1-2,5-6,13H2,(H,23,24,25). The fourth-order valence-corrected chi connectivity index (χ4v) is 3.27. The molecule has 0 aliphatic heterocycles. The quantitative estimate of drug-likeness (QED) is 0.756. The van der Waals surface area contributed by atoms with Gasteiger partial charge in [0.05, 0.1) is 5.52 Å². The van der Waals surface area contributed by atoms with Gasteiger partial charge < -0.3 is 10.1 Å². The molecule has 1 aliphatic rings. The molecule has 0 atom stereocenters. The van der Waals surface area contributed by atoms with Crippen LogP contribution in [-0.2, 0) is 6.61 Å². The van der Waals surface area contributed by atoms with Gasteiger partial charge in [-0.05, 0) is 37.1 Å². The first-order chi connectivity index (χ1) is 12.8. The molecular formula is C20H19N5O. The Morgan fingerprint density at radius 3 is 2.85 bits per heavy atom. The summed E-state index contributed by atoms with van der Waals surface area (Å²) < 4.78 is 5.89. The SMILES string of the molecule is N#Cc1nc(NC2CCCC2)c2cc(OCc3cccnc3)ccc2n1. The Morgan fingerprint density at radius 1 is 1.19 bits per heavy atom. The summed E-state index contributed by atoms with van der Waals surface area (Å²) >= 11 is 0. The molecular weight excluding hydrogens is 326 g/mol. The van der Waals surface area contributed by atoms with Crippen LogP contribution in [0.2, 0.25) is 0 Å². The largest absolute Gasteiger partial charge is 0.489 e. The zero-order chi connectivity index (χ0) is 17.8. The first kappa shape index (κ1) is 16.3. The van der Waals surface area contributed by atoms with Crippen LogP contribution >= 0.6 is 0 Å². The molecule has 1 N–H and O–H groups in total. The summed E-state index contributed by atoms with van der Waals surface area (Å²) in [6.45, 7) is 0.446. The third-order valence-corrected chi connectivity index (χ3v) is 4.59. The van der Waals surface area contributed by atoms with Gasteiger partial charge >= 0.3 is 0 Å². The van der Waals surface area contributed by atoms with Gasteiger partial charge in [-0.1, -0.05) is 18.9 Å². The number of nitrogens with zero attached hydrogens (tertiary/aromatic N) is 4. The zero-order valence-corrected chi connectivity index (χ0v) is 14.4. The number of hydrogen-bond donors (Lipinski definition) is 1. The summed E-state index contributed by atoms with van der Waals surface area (Å²) in [6.07, 6.45) is 8.24. The smallest absolute Gasteiger partial charge is 0.234 e. The predicted octanol–water partition coefficient (Wildman–Crippen LogP) is 3.83. The van der Waals surface area contributed by atoms with E-state index in [1.807, 2.05) is 36.4 Å². The number of nitrogens with one attached hydrogen (secondary N) is 1. The molecule has 2 aromatic heterocycles. The highest BCUT2D eigenvalue weighted by atomic mass is 16.5. The van der Waals surface area contributed by atoms with Crippen molar-refractivity contribution in [1.29, 1.82) is 5.26 Å². The maximum Gasteiger partial charge on any atom is 0.234 e. The van der Waals surface area contributed by atoms with E-state index in [1.54, 1.807) is 12.4 Å². The number of fused-ring (bicyclic) bond motifs is 1. The molecule has 0 bridgehead atoms. The van der Waals surface area contributed by atoms with E-state index in [2.05, 4.69) is 20.3 Å². The number of rotatable bonds is 5. The van der Waals surface area contributed by atoms with Crippen molar-refractivity contribution in [2.75, 3.05) is 5.32 Å². The molecule has 3 aromatic rings. The first-order valence-corrected chi connectivity index (χ1v) is 8.82. The third-order valence-electron chi connectivity index (χ3n) is 4.59. The van der Waals surface area contributed by atoms with E-state index in [9.17, 15) is 5.26 Å². The monoisotopic (exact) mass is 345 g/mol. The van der Waals surface area contributed by atoms with E-state index in [0.29, 0.717) is 18.5 Å². The Hall–Kier alpha value is -3.20. The number of nitriles is 1. The van der Waals surface area contributed by atoms with Crippen molar-refractivity contribution in [3.8, 4) is 11.8 Å². The molecule has 0 saturated heterocycles. The van der Waals surface area contributed by atoms with Crippen LogP contribution in [0.25, 0.3) is 10.9 Å². The Kier molecular flexibility index (Phi) is 4.61. The van der Waals surface area contributed by atoms with E-state index >= 15 is 0 Å². The van der Waals surface area contributed by atoms with Crippen LogP contribution in [0.5, 0.6) is 5.75 Å². The van der Waals surface area contributed by atoms with E-state index in [-0.39, 0.29) is 5.82 Å². The zero-order valence-electron chi connectivity index (χ0n) is 14.4. The highest BCUT2D eigenvalue weighted by Gasteiger charge is 2.17. The minimum Gasteiger partial charge on any atom is -0.489 e. The number of anilines is 1. The summed E-state index contributed by atoms with van der Waals surface area (Å²) in [5.41, 5.74) is 1.75. The summed E-state index contributed by atoms with van der Waals surface area (Å²) in [4.78, 5) is 12.8. The minimum atomic E-state index is 0.182. The van der Waals surface area contributed by atoms with Crippen LogP contribution in [0.4, 0.5) is 5.82 Å². The lowest BCUT2D eigenvalue weighted by atomic mass is 10.2. The van der Waals surface area contributed by atoms with Gasteiger partial charge in [-0.15, -0.1) is 0 Å². The Labute approximate surface area is 151 Å². The fraction of sp³-hybridized carbons (Fsp3) is 0.300. The molecule has 1 fully saturated rings. The molecule has 1 aliphatic carbocycles. The molecule has 0 radical (unpaired) electrons. The van der Waals surface area contributed by atoms with Gasteiger partial charge in [0.15, 0.2) is 0 Å². The van der Waals surface area contributed by atoms with E-state index < -0.39 is 0 Å². The number of hydrogen-bond acceptors (Lipinski definition) is 6. The van der Waals surface area contributed by atoms with Gasteiger partial charge in [-0.25, -0.2) is 9.97 Å². The molecule has 6 heteroatoms. The van der Waals surface area contributed by atoms with Gasteiger partial charge in [0.1, 0.15) is 24.2 Å². The second-order valence-corrected chi connectivity index (χ2v) is 6.46. The number of aromatic nitrogens is 3. The van der Waals surface area contributed by atoms with Crippen LogP contribution in [0, 0.1) is 11.3 Å². The Bertz CT molecular complexity index is 946. The average Bonchev–Trinajstić information content (AvgIpc) is 3.20. The van der Waals surface area contributed by atoms with Crippen molar-refractivity contribution in [3.63, 3.8) is 0 Å². The molecule has 0 amide bonds. The van der Waals surface area contributed by atoms with Gasteiger partial charge in [0.2, 0.25) is 5.82 Å². The Morgan fingerprint density at radius 2 is 2.08 bits per heavy atom. The topological polar surface area (TPSA) is 83.7 Å². The normalized spacial score (nSPS) is 14.3. The van der Waals surface area contributed by atoms with Crippen molar-refractivity contribution in [2.45, 2.75) is 38.3 Å². The van der Waals surface area contributed by atoms with Gasteiger partial charge in [-0.3, -0.25) is 4.98 Å². The first-order valence-electron chi connectivity index (χ1n) is 8.82. The highest BCUT2D eigenvalue weighted by Crippen LogP contribution is 2.29. The number of ether oxygens (including phenoxy) is 1. The molecule has 4 rings (SSSR count). The predicted molar refractivity (Wildman–Crippen MR) is 98.7 cm³/mol. The second kappa shape index (κ2) is 7.36. The molecule has 1 saturated carbocycles. The molecule has 0 unspecified atom stereocenters. The van der Waals surface area contributed by atoms with Crippen molar-refractivity contribution in [1.82, 2.24) is 15.0 Å². The molecule has 1 aromatic carbocycles. The number of pyridine rings is 1. The van der Waals surface area contributed by atoms with Gasteiger partial charge in [0.25, 0.3) is 0 Å². The molecule has 6 nitrogen and oxygen atoms in total. The van der Waals surface area contributed by atoms with Crippen LogP contribution in [0.1, 0.15) is 37.1 Å². The molecule has 26 heavy (non-hydrogen) atoms. The molecule has 0 spiro atoms. The third kappa shape index (κ3) is 3.57. The maximum atomic E-state index is 9.21. The van der Waals surface area contributed by atoms with Crippen molar-refractivity contribution in [2.24, 2.45) is 0 Å². The van der Waals surface area contributed by atoms with E-state index in [4.69, 9.17) is 4.74 Å². The lowest BCUT2D eigenvalue weighted by Crippen LogP contribution is -2.16. The van der Waals surface area contributed by atoms with Gasteiger partial charge in [0, 0.05) is 29.4 Å². The second-order valence-electron chi connectivity index (χ2n) is 6.46. The highest BCUT2D eigenvalue weighted by molar-refractivity contribution is 5.90. The number of benzene rings is 1. The van der Waals surface area contributed by atoms with Crippen LogP contribution in [-0.4, -0.2) is 21.0 Å². The van der Waals surface area contributed by atoms with Crippen molar-refractivity contribution < 1.29 is 4.74 Å². The average molecular weight is 345 g/mol. The van der Waals surface area contributed by atoms with Crippen molar-refractivity contribution >= 4 is 16.7 Å². The lowest BCUT2D eigenvalue weighted by Gasteiger charge is -2.15. The van der Waals surface area contributed by atoms with E-state index in [1.165, 1.54) is 12.8 Å². The van der Waals surface area contributed by atoms with Crippen molar-refractivity contribution in [3.05, 3.63) is 54.1 Å². The molecule has 2 heterocycles. The van der Waals surface area contributed by atoms with Crippen LogP contribution < -0.4 is 10.1 Å². The minimum absolute atomic E-state index is 0.182. The summed E-state index contributed by atoms with van der Waals surface area (Å²) in [7, 11) is 0. The van der Waals surface area contributed by atoms with E-state index in [0.717, 1.165) is 35.1 Å². The molecule has 130 valence electrons. The summed E-state index contributed by atoms with van der Waals surface area (Å²) in [6, 6.07) is 12.0. The van der Waals surface area contributed by atoms with Crippen LogP contribution in [0.3, 0.4) is 0 Å².